The molecule has 0 bridgehead atoms. The van der Waals surface area contributed by atoms with Crippen LogP contribution in [0, 0.1) is 0 Å². The summed E-state index contributed by atoms with van der Waals surface area (Å²) in [6, 6.07) is 0. The fourth-order valence-electron chi connectivity index (χ4n) is 0.516. The van der Waals surface area contributed by atoms with Gasteiger partial charge in [-0.2, -0.15) is 0 Å². The highest BCUT2D eigenvalue weighted by atomic mass is 35.5. The molecule has 0 radical (unpaired) electrons. The quantitative estimate of drug-likeness (QED) is 0.352. The van der Waals surface area contributed by atoms with Crippen LogP contribution >= 0.6 is 11.6 Å². The minimum atomic E-state index is -0.811. The van der Waals surface area contributed by atoms with Gasteiger partial charge >= 0.3 is 0 Å². The zero-order valence-corrected chi connectivity index (χ0v) is 5.51. The number of carbonyl (C=O) groups is 2. The Kier molecular flexibility index (Phi) is 1.59. The van der Waals surface area contributed by atoms with Crippen molar-refractivity contribution >= 4 is 23.2 Å². The third kappa shape index (κ3) is 1.09. The first-order valence-corrected chi connectivity index (χ1v) is 2.83. The Hall–Kier alpha value is -1.09. The second-order valence-corrected chi connectivity index (χ2v) is 2.14. The molecule has 0 spiro atoms. The largest absolute Gasteiger partial charge is 0.871 e. The van der Waals surface area contributed by atoms with Crippen LogP contribution < -0.4 is 5.11 Å². The Morgan fingerprint density at radius 2 is 1.70 bits per heavy atom. The zero-order valence-electron chi connectivity index (χ0n) is 4.76. The van der Waals surface area contributed by atoms with Crippen molar-refractivity contribution in [1.29, 1.82) is 0 Å². The highest BCUT2D eigenvalue weighted by Crippen LogP contribution is 2.13. The summed E-state index contributed by atoms with van der Waals surface area (Å²) in [5.41, 5.74) is 0. The SMILES string of the molecule is O=C1C=C([O-])C(Cl)=CC1=O. The number of rotatable bonds is 0. The number of hydrogen-bond acceptors (Lipinski definition) is 3. The van der Waals surface area contributed by atoms with Gasteiger partial charge in [-0.3, -0.25) is 9.59 Å². The third-order valence-electron chi connectivity index (χ3n) is 0.998. The average molecular weight is 158 g/mol. The Morgan fingerprint density at radius 3 is 2.20 bits per heavy atom. The van der Waals surface area contributed by atoms with Gasteiger partial charge in [0, 0.05) is 11.1 Å². The van der Waals surface area contributed by atoms with Crippen molar-refractivity contribution in [2.45, 2.75) is 0 Å². The Labute approximate surface area is 61.6 Å². The fraction of sp³-hybridized carbons (Fsp3) is 0. The summed E-state index contributed by atoms with van der Waals surface area (Å²) in [6.07, 6.45) is 1.51. The van der Waals surface area contributed by atoms with Crippen molar-refractivity contribution in [1.82, 2.24) is 0 Å². The van der Waals surface area contributed by atoms with Gasteiger partial charge < -0.3 is 5.11 Å². The standard InChI is InChI=1S/C6H3ClO3/c7-3-1-5(9)6(10)2-4(3)8/h1-2,8H/p-1. The first-order chi connectivity index (χ1) is 4.61. The van der Waals surface area contributed by atoms with Gasteiger partial charge in [0.2, 0.25) is 11.6 Å². The molecule has 0 atom stereocenters. The van der Waals surface area contributed by atoms with E-state index in [9.17, 15) is 14.7 Å². The Morgan fingerprint density at radius 1 is 1.20 bits per heavy atom. The van der Waals surface area contributed by atoms with Crippen LogP contribution in [-0.4, -0.2) is 11.6 Å². The van der Waals surface area contributed by atoms with Gasteiger partial charge in [0.25, 0.3) is 0 Å². The van der Waals surface area contributed by atoms with Crippen molar-refractivity contribution in [3.63, 3.8) is 0 Å². The van der Waals surface area contributed by atoms with Crippen molar-refractivity contribution in [3.8, 4) is 0 Å². The summed E-state index contributed by atoms with van der Waals surface area (Å²) in [4.78, 5) is 20.9. The number of ketones is 2. The minimum Gasteiger partial charge on any atom is -0.871 e. The lowest BCUT2D eigenvalue weighted by molar-refractivity contribution is -0.296. The van der Waals surface area contributed by atoms with E-state index in [4.69, 9.17) is 11.6 Å². The van der Waals surface area contributed by atoms with Gasteiger partial charge in [-0.05, 0) is 6.08 Å². The predicted molar refractivity (Wildman–Crippen MR) is 32.0 cm³/mol. The molecule has 4 heteroatoms. The Bertz CT molecular complexity index is 234. The van der Waals surface area contributed by atoms with E-state index in [0.717, 1.165) is 6.08 Å². The summed E-state index contributed by atoms with van der Waals surface area (Å²) in [5.74, 6) is -2.16. The Balaban J connectivity index is 3.06. The average Bonchev–Trinajstić information content (AvgIpc) is 1.84. The van der Waals surface area contributed by atoms with Crippen LogP contribution in [0.25, 0.3) is 0 Å². The van der Waals surface area contributed by atoms with Gasteiger partial charge in [0.15, 0.2) is 0 Å². The topological polar surface area (TPSA) is 57.2 Å². The fourth-order valence-corrected chi connectivity index (χ4v) is 0.670. The maximum atomic E-state index is 10.5. The van der Waals surface area contributed by atoms with Gasteiger partial charge in [-0.1, -0.05) is 17.4 Å². The molecule has 0 aromatic rings. The number of carbonyl (C=O) groups excluding carboxylic acids is 2. The molecule has 0 aromatic carbocycles. The highest BCUT2D eigenvalue weighted by Gasteiger charge is 2.13. The smallest absolute Gasteiger partial charge is 0.227 e. The van der Waals surface area contributed by atoms with Gasteiger partial charge in [-0.15, -0.1) is 0 Å². The van der Waals surface area contributed by atoms with Crippen molar-refractivity contribution in [3.05, 3.63) is 22.9 Å². The third-order valence-corrected chi connectivity index (χ3v) is 1.29. The van der Waals surface area contributed by atoms with E-state index >= 15 is 0 Å². The molecule has 0 amide bonds. The highest BCUT2D eigenvalue weighted by molar-refractivity contribution is 6.50. The molecule has 1 aliphatic carbocycles. The molecule has 52 valence electrons. The molecule has 1 rings (SSSR count). The molecule has 0 fully saturated rings. The molecule has 0 saturated carbocycles. The molecule has 1 aliphatic rings. The maximum Gasteiger partial charge on any atom is 0.227 e. The molecular formula is C6H2ClO3-. The number of halogens is 1. The zero-order chi connectivity index (χ0) is 7.72. The van der Waals surface area contributed by atoms with E-state index in [-0.39, 0.29) is 5.03 Å². The monoisotopic (exact) mass is 157 g/mol. The van der Waals surface area contributed by atoms with Gasteiger partial charge in [-0.25, -0.2) is 0 Å². The minimum absolute atomic E-state index is 0.204. The van der Waals surface area contributed by atoms with E-state index in [1.54, 1.807) is 0 Å². The van der Waals surface area contributed by atoms with Gasteiger partial charge in [0.1, 0.15) is 0 Å². The van der Waals surface area contributed by atoms with E-state index in [1.807, 2.05) is 0 Å². The van der Waals surface area contributed by atoms with E-state index in [0.29, 0.717) is 6.08 Å². The van der Waals surface area contributed by atoms with Crippen LogP contribution in [0.2, 0.25) is 0 Å². The second-order valence-electron chi connectivity index (χ2n) is 1.73. The first-order valence-electron chi connectivity index (χ1n) is 2.46. The number of allylic oxidation sites excluding steroid dienone is 3. The van der Waals surface area contributed by atoms with Crippen molar-refractivity contribution in [2.24, 2.45) is 0 Å². The molecule has 0 unspecified atom stereocenters. The molecule has 10 heavy (non-hydrogen) atoms. The summed E-state index contributed by atoms with van der Waals surface area (Å²) in [6.45, 7) is 0. The number of hydrogen-bond donors (Lipinski definition) is 0. The lowest BCUT2D eigenvalue weighted by atomic mass is 10.1. The van der Waals surface area contributed by atoms with Crippen LogP contribution in [0.3, 0.4) is 0 Å². The normalized spacial score (nSPS) is 18.5. The summed E-state index contributed by atoms with van der Waals surface area (Å²) >= 11 is 5.23. The predicted octanol–water partition coefficient (Wildman–Crippen LogP) is -0.495. The molecule has 0 aromatic heterocycles. The first kappa shape index (κ1) is 7.02. The van der Waals surface area contributed by atoms with E-state index in [2.05, 4.69) is 0 Å². The lowest BCUT2D eigenvalue weighted by Gasteiger charge is -2.12. The van der Waals surface area contributed by atoms with Crippen LogP contribution in [0.4, 0.5) is 0 Å². The molecule has 0 saturated heterocycles. The molecular weight excluding hydrogens is 156 g/mol. The molecule has 0 aliphatic heterocycles. The van der Waals surface area contributed by atoms with Gasteiger partial charge in [0.05, 0.1) is 0 Å². The van der Waals surface area contributed by atoms with Crippen LogP contribution in [0.15, 0.2) is 22.9 Å². The van der Waals surface area contributed by atoms with Crippen LogP contribution in [0.1, 0.15) is 0 Å². The lowest BCUT2D eigenvalue weighted by Crippen LogP contribution is -2.18. The van der Waals surface area contributed by atoms with E-state index < -0.39 is 17.3 Å². The van der Waals surface area contributed by atoms with E-state index in [1.165, 1.54) is 0 Å². The maximum absolute atomic E-state index is 10.5. The second kappa shape index (κ2) is 2.27. The summed E-state index contributed by atoms with van der Waals surface area (Å²) < 4.78 is 0. The summed E-state index contributed by atoms with van der Waals surface area (Å²) in [5, 5.41) is 10.3. The van der Waals surface area contributed by atoms with Crippen molar-refractivity contribution < 1.29 is 14.7 Å². The molecule has 3 nitrogen and oxygen atoms in total. The summed E-state index contributed by atoms with van der Waals surface area (Å²) in [7, 11) is 0. The van der Waals surface area contributed by atoms with Crippen molar-refractivity contribution in [2.75, 3.05) is 0 Å². The molecule has 0 N–H and O–H groups in total. The van der Waals surface area contributed by atoms with Crippen LogP contribution in [0.5, 0.6) is 0 Å². The van der Waals surface area contributed by atoms with Crippen LogP contribution in [-0.2, 0) is 9.59 Å². The molecule has 0 heterocycles.